The molecule has 0 aromatic rings. The van der Waals surface area contributed by atoms with E-state index < -0.39 is 0 Å². The molecule has 0 aromatic carbocycles. The van der Waals surface area contributed by atoms with Gasteiger partial charge in [-0.25, -0.2) is 0 Å². The molecule has 96 valence electrons. The summed E-state index contributed by atoms with van der Waals surface area (Å²) in [5.74, 6) is 3.12. The summed E-state index contributed by atoms with van der Waals surface area (Å²) >= 11 is 1.94. The topological polar surface area (TPSA) is 49.4 Å². The molecule has 2 unspecified atom stereocenters. The molecule has 0 spiro atoms. The maximum absolute atomic E-state index is 11.9. The van der Waals surface area contributed by atoms with Crippen LogP contribution >= 0.6 is 11.8 Å². The van der Waals surface area contributed by atoms with Gasteiger partial charge in [0.25, 0.3) is 0 Å². The number of carbonyl (C=O) groups excluding carboxylic acids is 2. The highest BCUT2D eigenvalue weighted by Crippen LogP contribution is 2.26. The smallest absolute Gasteiger partial charge is 0.243 e. The monoisotopic (exact) mass is 256 g/mol. The zero-order valence-corrected chi connectivity index (χ0v) is 11.3. The van der Waals surface area contributed by atoms with Crippen molar-refractivity contribution in [3.05, 3.63) is 0 Å². The van der Waals surface area contributed by atoms with Gasteiger partial charge in [0, 0.05) is 6.54 Å². The van der Waals surface area contributed by atoms with Crippen LogP contribution in [0.2, 0.25) is 0 Å². The van der Waals surface area contributed by atoms with Gasteiger partial charge in [0.2, 0.25) is 11.8 Å². The van der Waals surface area contributed by atoms with Crippen molar-refractivity contribution >= 4 is 23.6 Å². The van der Waals surface area contributed by atoms with Crippen LogP contribution in [0.1, 0.15) is 20.3 Å². The highest BCUT2D eigenvalue weighted by molar-refractivity contribution is 7.99. The number of piperazine rings is 1. The Morgan fingerprint density at radius 3 is 2.82 bits per heavy atom. The third-order valence-electron chi connectivity index (χ3n) is 3.45. The van der Waals surface area contributed by atoms with Crippen molar-refractivity contribution < 1.29 is 9.59 Å². The summed E-state index contributed by atoms with van der Waals surface area (Å²) in [6, 6.07) is -0.276. The van der Waals surface area contributed by atoms with Gasteiger partial charge in [0.1, 0.15) is 6.04 Å². The summed E-state index contributed by atoms with van der Waals surface area (Å²) in [4.78, 5) is 25.6. The first-order valence-electron chi connectivity index (χ1n) is 6.24. The van der Waals surface area contributed by atoms with Crippen LogP contribution in [-0.2, 0) is 9.59 Å². The van der Waals surface area contributed by atoms with E-state index in [1.807, 2.05) is 25.6 Å². The number of nitrogens with zero attached hydrogens (tertiary/aromatic N) is 1. The molecule has 2 atom stereocenters. The molecule has 17 heavy (non-hydrogen) atoms. The molecule has 4 nitrogen and oxygen atoms in total. The minimum atomic E-state index is -0.276. The van der Waals surface area contributed by atoms with E-state index in [1.54, 1.807) is 4.90 Å². The molecule has 0 aliphatic carbocycles. The van der Waals surface area contributed by atoms with Crippen LogP contribution in [0, 0.1) is 11.8 Å². The van der Waals surface area contributed by atoms with Gasteiger partial charge in [0.05, 0.1) is 6.54 Å². The first-order valence-corrected chi connectivity index (χ1v) is 7.40. The van der Waals surface area contributed by atoms with Crippen LogP contribution in [0.5, 0.6) is 0 Å². The number of hydrogen-bond donors (Lipinski definition) is 1. The molecule has 2 saturated heterocycles. The molecule has 5 heteroatoms. The zero-order chi connectivity index (χ0) is 12.4. The zero-order valence-electron chi connectivity index (χ0n) is 10.4. The van der Waals surface area contributed by atoms with Crippen LogP contribution in [0.25, 0.3) is 0 Å². The minimum Gasteiger partial charge on any atom is -0.345 e. The third kappa shape index (κ3) is 2.76. The molecule has 2 amide bonds. The van der Waals surface area contributed by atoms with Gasteiger partial charge in [-0.15, -0.1) is 0 Å². The molecular weight excluding hydrogens is 236 g/mol. The number of carbonyl (C=O) groups is 2. The quantitative estimate of drug-likeness (QED) is 0.809. The van der Waals surface area contributed by atoms with Gasteiger partial charge in [-0.3, -0.25) is 9.59 Å². The Labute approximate surface area is 106 Å². The minimum absolute atomic E-state index is 0.00486. The van der Waals surface area contributed by atoms with Crippen LogP contribution in [-0.4, -0.2) is 47.4 Å². The predicted molar refractivity (Wildman–Crippen MR) is 68.8 cm³/mol. The standard InChI is InChI=1S/C12H20N2O2S/c1-8(2)11-12(16)13-5-10(15)14(11)6-9-3-4-17-7-9/h8-9,11H,3-7H2,1-2H3,(H,13,16). The fraction of sp³-hybridized carbons (Fsp3) is 0.833. The lowest BCUT2D eigenvalue weighted by Crippen LogP contribution is -2.61. The Morgan fingerprint density at radius 1 is 1.47 bits per heavy atom. The molecule has 2 heterocycles. The third-order valence-corrected chi connectivity index (χ3v) is 4.68. The van der Waals surface area contributed by atoms with Gasteiger partial charge in [-0.2, -0.15) is 11.8 Å². The van der Waals surface area contributed by atoms with Crippen molar-refractivity contribution in [3.8, 4) is 0 Å². The lowest BCUT2D eigenvalue weighted by atomic mass is 9.97. The van der Waals surface area contributed by atoms with E-state index in [2.05, 4.69) is 5.32 Å². The van der Waals surface area contributed by atoms with Crippen LogP contribution < -0.4 is 5.32 Å². The Bertz CT molecular complexity index is 314. The van der Waals surface area contributed by atoms with Crippen molar-refractivity contribution in [2.75, 3.05) is 24.6 Å². The van der Waals surface area contributed by atoms with Gasteiger partial charge < -0.3 is 10.2 Å². The largest absolute Gasteiger partial charge is 0.345 e. The lowest BCUT2D eigenvalue weighted by Gasteiger charge is -2.38. The maximum Gasteiger partial charge on any atom is 0.243 e. The Kier molecular flexibility index (Phi) is 3.97. The van der Waals surface area contributed by atoms with Crippen molar-refractivity contribution in [1.29, 1.82) is 0 Å². The molecule has 0 saturated carbocycles. The maximum atomic E-state index is 11.9. The summed E-state index contributed by atoms with van der Waals surface area (Å²) in [7, 11) is 0. The molecule has 2 aliphatic heterocycles. The second-order valence-corrected chi connectivity index (χ2v) is 6.33. The van der Waals surface area contributed by atoms with E-state index in [0.717, 1.165) is 12.3 Å². The van der Waals surface area contributed by atoms with E-state index in [-0.39, 0.29) is 30.3 Å². The first kappa shape index (κ1) is 12.7. The Balaban J connectivity index is 2.07. The van der Waals surface area contributed by atoms with Crippen LogP contribution in [0.15, 0.2) is 0 Å². The Hall–Kier alpha value is -0.710. The molecule has 2 fully saturated rings. The van der Waals surface area contributed by atoms with E-state index in [4.69, 9.17) is 0 Å². The number of thioether (sulfide) groups is 1. The normalized spacial score (nSPS) is 29.9. The van der Waals surface area contributed by atoms with Crippen molar-refractivity contribution in [2.45, 2.75) is 26.3 Å². The molecule has 1 N–H and O–H groups in total. The fourth-order valence-corrected chi connectivity index (χ4v) is 3.82. The van der Waals surface area contributed by atoms with Gasteiger partial charge in [-0.1, -0.05) is 13.8 Å². The van der Waals surface area contributed by atoms with E-state index in [0.29, 0.717) is 5.92 Å². The molecule has 2 aliphatic rings. The second kappa shape index (κ2) is 5.29. The summed E-state index contributed by atoms with van der Waals surface area (Å²) in [6.45, 7) is 4.92. The number of rotatable bonds is 3. The molecule has 0 aromatic heterocycles. The average molecular weight is 256 g/mol. The number of amides is 2. The molecular formula is C12H20N2O2S. The fourth-order valence-electron chi connectivity index (χ4n) is 2.55. The first-order chi connectivity index (χ1) is 8.09. The number of nitrogens with one attached hydrogen (secondary N) is 1. The number of hydrogen-bond acceptors (Lipinski definition) is 3. The van der Waals surface area contributed by atoms with Crippen molar-refractivity contribution in [3.63, 3.8) is 0 Å². The van der Waals surface area contributed by atoms with E-state index >= 15 is 0 Å². The average Bonchev–Trinajstić information content (AvgIpc) is 2.76. The highest BCUT2D eigenvalue weighted by atomic mass is 32.2. The Morgan fingerprint density at radius 2 is 2.24 bits per heavy atom. The predicted octanol–water partition coefficient (Wildman–Crippen LogP) is 0.722. The van der Waals surface area contributed by atoms with E-state index in [9.17, 15) is 9.59 Å². The SMILES string of the molecule is CC(C)C1C(=O)NCC(=O)N1CC1CCSC1. The van der Waals surface area contributed by atoms with Crippen molar-refractivity contribution in [1.82, 2.24) is 10.2 Å². The summed E-state index contributed by atoms with van der Waals surface area (Å²) < 4.78 is 0. The van der Waals surface area contributed by atoms with Gasteiger partial charge >= 0.3 is 0 Å². The van der Waals surface area contributed by atoms with Gasteiger partial charge in [-0.05, 0) is 29.8 Å². The van der Waals surface area contributed by atoms with Crippen LogP contribution in [0.4, 0.5) is 0 Å². The van der Waals surface area contributed by atoms with Gasteiger partial charge in [0.15, 0.2) is 0 Å². The molecule has 0 bridgehead atoms. The molecule has 0 radical (unpaired) electrons. The van der Waals surface area contributed by atoms with E-state index in [1.165, 1.54) is 12.2 Å². The summed E-state index contributed by atoms with van der Waals surface area (Å²) in [5, 5.41) is 2.68. The second-order valence-electron chi connectivity index (χ2n) is 5.18. The van der Waals surface area contributed by atoms with Crippen LogP contribution in [0.3, 0.4) is 0 Å². The van der Waals surface area contributed by atoms with Crippen molar-refractivity contribution in [2.24, 2.45) is 11.8 Å². The highest BCUT2D eigenvalue weighted by Gasteiger charge is 2.37. The molecule has 2 rings (SSSR count). The summed E-state index contributed by atoms with van der Waals surface area (Å²) in [6.07, 6.45) is 1.17. The summed E-state index contributed by atoms with van der Waals surface area (Å²) in [5.41, 5.74) is 0. The lowest BCUT2D eigenvalue weighted by molar-refractivity contribution is -0.148.